The van der Waals surface area contributed by atoms with Gasteiger partial charge in [0.15, 0.2) is 0 Å². The summed E-state index contributed by atoms with van der Waals surface area (Å²) in [4.78, 5) is 12.3. The normalized spacial score (nSPS) is 16.4. The number of benzene rings is 3. The van der Waals surface area contributed by atoms with Crippen LogP contribution in [0.1, 0.15) is 28.8 Å². The summed E-state index contributed by atoms with van der Waals surface area (Å²) in [5.41, 5.74) is 1.46. The van der Waals surface area contributed by atoms with Gasteiger partial charge in [-0.3, -0.25) is 0 Å². The predicted molar refractivity (Wildman–Crippen MR) is 104 cm³/mol. The van der Waals surface area contributed by atoms with Crippen LogP contribution in [0.4, 0.5) is 0 Å². The number of hydrogen-bond acceptors (Lipinski definition) is 4. The van der Waals surface area contributed by atoms with Gasteiger partial charge in [0.2, 0.25) is 0 Å². The zero-order chi connectivity index (χ0) is 18.5. The van der Waals surface area contributed by atoms with Gasteiger partial charge in [0.1, 0.15) is 19.0 Å². The fourth-order valence-corrected chi connectivity index (χ4v) is 3.24. The van der Waals surface area contributed by atoms with E-state index in [-0.39, 0.29) is 12.1 Å². The largest absolute Gasteiger partial charge is 0.489 e. The molecule has 0 aromatic heterocycles. The second-order valence-electron chi connectivity index (χ2n) is 6.73. The van der Waals surface area contributed by atoms with Crippen molar-refractivity contribution < 1.29 is 19.0 Å². The van der Waals surface area contributed by atoms with Crippen molar-refractivity contribution in [1.29, 1.82) is 0 Å². The average Bonchev–Trinajstić information content (AvgIpc) is 3.24. The summed E-state index contributed by atoms with van der Waals surface area (Å²) < 4.78 is 16.8. The van der Waals surface area contributed by atoms with Crippen molar-refractivity contribution in [2.24, 2.45) is 0 Å². The first kappa shape index (κ1) is 17.6. The number of rotatable bonds is 6. The quantitative estimate of drug-likeness (QED) is 0.593. The molecule has 1 aliphatic rings. The highest BCUT2D eigenvalue weighted by atomic mass is 16.6. The Labute approximate surface area is 158 Å². The number of carbonyl (C=O) groups is 1. The third kappa shape index (κ3) is 4.47. The Hall–Kier alpha value is -2.85. The van der Waals surface area contributed by atoms with Crippen LogP contribution < -0.4 is 4.74 Å². The van der Waals surface area contributed by atoms with Crippen molar-refractivity contribution in [2.45, 2.75) is 25.6 Å². The van der Waals surface area contributed by atoms with Crippen LogP contribution in [0.15, 0.2) is 66.7 Å². The molecule has 4 rings (SSSR count). The van der Waals surface area contributed by atoms with E-state index in [1.807, 2.05) is 48.5 Å². The fraction of sp³-hybridized carbons (Fsp3) is 0.261. The van der Waals surface area contributed by atoms with E-state index in [1.54, 1.807) is 6.07 Å². The highest BCUT2D eigenvalue weighted by Gasteiger charge is 2.18. The molecule has 3 aromatic rings. The van der Waals surface area contributed by atoms with Crippen LogP contribution in [0.2, 0.25) is 0 Å². The maximum absolute atomic E-state index is 12.3. The second kappa shape index (κ2) is 8.23. The molecule has 0 N–H and O–H groups in total. The van der Waals surface area contributed by atoms with Gasteiger partial charge in [-0.15, -0.1) is 0 Å². The molecule has 0 bridgehead atoms. The molecule has 0 amide bonds. The zero-order valence-electron chi connectivity index (χ0n) is 15.1. The van der Waals surface area contributed by atoms with E-state index >= 15 is 0 Å². The monoisotopic (exact) mass is 362 g/mol. The van der Waals surface area contributed by atoms with Crippen LogP contribution in [-0.2, 0) is 16.1 Å². The SMILES string of the molecule is O=C(OCC1CCCO1)c1cccc(COc2ccc3ccccc3c2)c1. The van der Waals surface area contributed by atoms with E-state index in [2.05, 4.69) is 12.1 Å². The number of carbonyl (C=O) groups excluding carboxylic acids is 1. The lowest BCUT2D eigenvalue weighted by atomic mass is 10.1. The van der Waals surface area contributed by atoms with E-state index in [0.29, 0.717) is 18.8 Å². The van der Waals surface area contributed by atoms with Crippen molar-refractivity contribution in [1.82, 2.24) is 0 Å². The van der Waals surface area contributed by atoms with Gasteiger partial charge in [0.25, 0.3) is 0 Å². The summed E-state index contributed by atoms with van der Waals surface area (Å²) >= 11 is 0. The molecule has 1 saturated heterocycles. The van der Waals surface area contributed by atoms with E-state index in [0.717, 1.165) is 36.1 Å². The molecule has 3 aromatic carbocycles. The van der Waals surface area contributed by atoms with E-state index in [9.17, 15) is 4.79 Å². The minimum atomic E-state index is -0.321. The minimum absolute atomic E-state index is 0.0355. The third-order valence-electron chi connectivity index (χ3n) is 4.71. The maximum atomic E-state index is 12.3. The highest BCUT2D eigenvalue weighted by molar-refractivity contribution is 5.89. The molecule has 1 atom stereocenters. The van der Waals surface area contributed by atoms with Gasteiger partial charge in [-0.25, -0.2) is 4.79 Å². The number of fused-ring (bicyclic) bond motifs is 1. The molecule has 27 heavy (non-hydrogen) atoms. The molecule has 0 spiro atoms. The summed E-state index contributed by atoms with van der Waals surface area (Å²) in [6.07, 6.45) is 2.02. The number of hydrogen-bond donors (Lipinski definition) is 0. The maximum Gasteiger partial charge on any atom is 0.338 e. The summed E-state index contributed by atoms with van der Waals surface area (Å²) in [6, 6.07) is 21.6. The molecular weight excluding hydrogens is 340 g/mol. The molecule has 138 valence electrons. The molecule has 0 radical (unpaired) electrons. The Bertz CT molecular complexity index is 928. The molecule has 4 nitrogen and oxygen atoms in total. The van der Waals surface area contributed by atoms with Crippen LogP contribution in [0.5, 0.6) is 5.75 Å². The smallest absolute Gasteiger partial charge is 0.338 e. The van der Waals surface area contributed by atoms with Crippen molar-refractivity contribution in [3.05, 3.63) is 77.9 Å². The van der Waals surface area contributed by atoms with Crippen LogP contribution in [0.3, 0.4) is 0 Å². The molecule has 1 unspecified atom stereocenters. The highest BCUT2D eigenvalue weighted by Crippen LogP contribution is 2.21. The zero-order valence-corrected chi connectivity index (χ0v) is 15.1. The summed E-state index contributed by atoms with van der Waals surface area (Å²) in [6.45, 7) is 1.46. The van der Waals surface area contributed by atoms with Crippen LogP contribution >= 0.6 is 0 Å². The molecule has 4 heteroatoms. The van der Waals surface area contributed by atoms with E-state index < -0.39 is 0 Å². The van der Waals surface area contributed by atoms with Crippen LogP contribution in [0.25, 0.3) is 10.8 Å². The lowest BCUT2D eigenvalue weighted by molar-refractivity contribution is 0.0161. The topological polar surface area (TPSA) is 44.8 Å². The summed E-state index contributed by atoms with van der Waals surface area (Å²) in [7, 11) is 0. The third-order valence-corrected chi connectivity index (χ3v) is 4.71. The van der Waals surface area contributed by atoms with E-state index in [1.165, 1.54) is 5.39 Å². The van der Waals surface area contributed by atoms with Gasteiger partial charge in [0.05, 0.1) is 11.7 Å². The fourth-order valence-electron chi connectivity index (χ4n) is 3.24. The van der Waals surface area contributed by atoms with Crippen molar-refractivity contribution in [2.75, 3.05) is 13.2 Å². The minimum Gasteiger partial charge on any atom is -0.489 e. The van der Waals surface area contributed by atoms with Gasteiger partial charge in [-0.1, -0.05) is 42.5 Å². The molecule has 1 fully saturated rings. The van der Waals surface area contributed by atoms with Crippen molar-refractivity contribution in [3.8, 4) is 5.75 Å². The predicted octanol–water partition coefficient (Wildman–Crippen LogP) is 4.75. The molecule has 1 aliphatic heterocycles. The molecular formula is C23H22O4. The average molecular weight is 362 g/mol. The first-order valence-corrected chi connectivity index (χ1v) is 9.27. The van der Waals surface area contributed by atoms with Gasteiger partial charge >= 0.3 is 5.97 Å². The Balaban J connectivity index is 1.37. The van der Waals surface area contributed by atoms with Gasteiger partial charge in [0, 0.05) is 6.61 Å². The lowest BCUT2D eigenvalue weighted by Gasteiger charge is -2.11. The number of ether oxygens (including phenoxy) is 3. The van der Waals surface area contributed by atoms with Crippen LogP contribution in [0, 0.1) is 0 Å². The Morgan fingerprint density at radius 1 is 1.00 bits per heavy atom. The molecule has 0 saturated carbocycles. The summed E-state index contributed by atoms with van der Waals surface area (Å²) in [5.74, 6) is 0.484. The van der Waals surface area contributed by atoms with Crippen molar-refractivity contribution in [3.63, 3.8) is 0 Å². The number of esters is 1. The standard InChI is InChI=1S/C23H22O4/c24-23(27-16-22-9-4-12-25-22)20-8-3-5-17(13-20)15-26-21-11-10-18-6-1-2-7-19(18)14-21/h1-3,5-8,10-11,13-14,22H,4,9,12,15-16H2. The Morgan fingerprint density at radius 3 is 2.74 bits per heavy atom. The second-order valence-corrected chi connectivity index (χ2v) is 6.73. The van der Waals surface area contributed by atoms with Gasteiger partial charge in [-0.05, 0) is 53.4 Å². The van der Waals surface area contributed by atoms with E-state index in [4.69, 9.17) is 14.2 Å². The Morgan fingerprint density at radius 2 is 1.89 bits per heavy atom. The van der Waals surface area contributed by atoms with Crippen molar-refractivity contribution >= 4 is 16.7 Å². The van der Waals surface area contributed by atoms with Crippen LogP contribution in [-0.4, -0.2) is 25.3 Å². The lowest BCUT2D eigenvalue weighted by Crippen LogP contribution is -2.18. The summed E-state index contributed by atoms with van der Waals surface area (Å²) in [5, 5.41) is 2.32. The molecule has 1 heterocycles. The first-order valence-electron chi connectivity index (χ1n) is 9.27. The molecule has 0 aliphatic carbocycles. The Kier molecular flexibility index (Phi) is 5.35. The van der Waals surface area contributed by atoms with Gasteiger partial charge < -0.3 is 14.2 Å². The van der Waals surface area contributed by atoms with Gasteiger partial charge in [-0.2, -0.15) is 0 Å². The first-order chi connectivity index (χ1) is 13.3.